The van der Waals surface area contributed by atoms with Crippen LogP contribution in [0.4, 0.5) is 17.5 Å². The van der Waals surface area contributed by atoms with Gasteiger partial charge in [-0.15, -0.1) is 0 Å². The van der Waals surface area contributed by atoms with Crippen molar-refractivity contribution in [2.75, 3.05) is 17.2 Å². The van der Waals surface area contributed by atoms with Crippen molar-refractivity contribution in [2.45, 2.75) is 51.5 Å². The Morgan fingerprint density at radius 3 is 2.87 bits per heavy atom. The van der Waals surface area contributed by atoms with Gasteiger partial charge in [0.2, 0.25) is 11.9 Å². The van der Waals surface area contributed by atoms with Gasteiger partial charge < -0.3 is 26.1 Å². The molecule has 9 nitrogen and oxygen atoms in total. The number of ether oxygens (including phenoxy) is 1. The van der Waals surface area contributed by atoms with E-state index in [0.29, 0.717) is 23.4 Å². The lowest BCUT2D eigenvalue weighted by molar-refractivity contribution is -0.118. The van der Waals surface area contributed by atoms with E-state index in [4.69, 9.17) is 15.5 Å². The number of aryl methyl sites for hydroxylation is 1. The first kappa shape index (κ1) is 19.9. The van der Waals surface area contributed by atoms with Crippen LogP contribution in [0.5, 0.6) is 5.75 Å². The molecule has 3 aromatic rings. The summed E-state index contributed by atoms with van der Waals surface area (Å²) < 4.78 is 5.57. The Hall–Kier alpha value is -3.36. The molecule has 0 unspecified atom stereocenters. The van der Waals surface area contributed by atoms with Gasteiger partial charge in [0, 0.05) is 11.7 Å². The molecule has 1 saturated carbocycles. The summed E-state index contributed by atoms with van der Waals surface area (Å²) >= 11 is 0. The molecule has 0 saturated heterocycles. The van der Waals surface area contributed by atoms with E-state index < -0.39 is 0 Å². The molecule has 0 bridgehead atoms. The van der Waals surface area contributed by atoms with Gasteiger partial charge >= 0.3 is 0 Å². The molecule has 2 heterocycles. The predicted molar refractivity (Wildman–Crippen MR) is 116 cm³/mol. The lowest BCUT2D eigenvalue weighted by atomic mass is 9.95. The molecule has 1 aliphatic rings. The highest BCUT2D eigenvalue weighted by Crippen LogP contribution is 2.27. The predicted octanol–water partition coefficient (Wildman–Crippen LogP) is 3.40. The van der Waals surface area contributed by atoms with Crippen molar-refractivity contribution >= 4 is 34.5 Å². The van der Waals surface area contributed by atoms with Gasteiger partial charge in [-0.1, -0.05) is 19.3 Å². The maximum atomic E-state index is 10.8. The molecule has 1 aliphatic carbocycles. The molecule has 9 heteroatoms. The third kappa shape index (κ3) is 4.79. The minimum Gasteiger partial charge on any atom is -0.493 e. The largest absolute Gasteiger partial charge is 0.493 e. The van der Waals surface area contributed by atoms with Crippen LogP contribution < -0.4 is 21.1 Å². The third-order valence-corrected chi connectivity index (χ3v) is 5.29. The number of hydrogen-bond acceptors (Lipinski definition) is 7. The molecule has 30 heavy (non-hydrogen) atoms. The van der Waals surface area contributed by atoms with Crippen molar-refractivity contribution in [3.8, 4) is 5.75 Å². The first-order valence-corrected chi connectivity index (χ1v) is 10.3. The number of nitrogens with two attached hydrogens (primary N) is 1. The third-order valence-electron chi connectivity index (χ3n) is 5.29. The average molecular weight is 409 g/mol. The van der Waals surface area contributed by atoms with Crippen molar-refractivity contribution in [2.24, 2.45) is 5.73 Å². The first-order chi connectivity index (χ1) is 14.6. The molecule has 158 valence electrons. The van der Waals surface area contributed by atoms with Crippen LogP contribution in [0, 0.1) is 6.92 Å². The number of fused-ring (bicyclic) bond motifs is 1. The summed E-state index contributed by atoms with van der Waals surface area (Å²) in [6.07, 6.45) is 7.92. The summed E-state index contributed by atoms with van der Waals surface area (Å²) in [6.45, 7) is 2.23. The molecular formula is C21H27N7O2. The van der Waals surface area contributed by atoms with Crippen LogP contribution in [-0.2, 0) is 4.79 Å². The lowest BCUT2D eigenvalue weighted by Gasteiger charge is -2.23. The number of imidazole rings is 1. The van der Waals surface area contributed by atoms with Gasteiger partial charge in [0.15, 0.2) is 11.5 Å². The van der Waals surface area contributed by atoms with E-state index in [2.05, 4.69) is 25.6 Å². The van der Waals surface area contributed by atoms with Gasteiger partial charge in [-0.25, -0.2) is 4.98 Å². The second-order valence-electron chi connectivity index (χ2n) is 7.64. The molecule has 5 N–H and O–H groups in total. The minimum atomic E-state index is -0.381. The Labute approximate surface area is 174 Å². The number of carbonyl (C=O) groups excluding carboxylic acids is 1. The number of hydrogen-bond donors (Lipinski definition) is 4. The van der Waals surface area contributed by atoms with Crippen LogP contribution in [0.1, 0.15) is 44.1 Å². The highest BCUT2D eigenvalue weighted by Gasteiger charge is 2.17. The van der Waals surface area contributed by atoms with Crippen molar-refractivity contribution in [1.82, 2.24) is 19.9 Å². The van der Waals surface area contributed by atoms with Gasteiger partial charge in [0.25, 0.3) is 0 Å². The number of H-pyrrole nitrogens is 1. The second-order valence-corrected chi connectivity index (χ2v) is 7.64. The molecule has 0 aliphatic heterocycles. The van der Waals surface area contributed by atoms with Crippen LogP contribution in [0.15, 0.2) is 24.5 Å². The molecule has 0 spiro atoms. The zero-order valence-electron chi connectivity index (χ0n) is 17.1. The average Bonchev–Trinajstić information content (AvgIpc) is 3.19. The quantitative estimate of drug-likeness (QED) is 0.448. The summed E-state index contributed by atoms with van der Waals surface area (Å²) in [6, 6.07) is 6.07. The molecule has 1 fully saturated rings. The van der Waals surface area contributed by atoms with Crippen LogP contribution in [0.2, 0.25) is 0 Å². The number of nitrogens with one attached hydrogen (secondary N) is 3. The number of amides is 1. The Balaban J connectivity index is 1.51. The van der Waals surface area contributed by atoms with Crippen LogP contribution >= 0.6 is 0 Å². The van der Waals surface area contributed by atoms with Crippen LogP contribution in [0.3, 0.4) is 0 Å². The molecule has 1 amide bonds. The monoisotopic (exact) mass is 409 g/mol. The van der Waals surface area contributed by atoms with Gasteiger partial charge in [-0.3, -0.25) is 4.79 Å². The topological polar surface area (TPSA) is 131 Å². The zero-order chi connectivity index (χ0) is 20.9. The molecule has 0 radical (unpaired) electrons. The number of aromatic nitrogens is 4. The smallest absolute Gasteiger partial charge is 0.231 e. The fourth-order valence-electron chi connectivity index (χ4n) is 3.69. The number of carbonyl (C=O) groups is 1. The van der Waals surface area contributed by atoms with E-state index >= 15 is 0 Å². The lowest BCUT2D eigenvalue weighted by Crippen LogP contribution is -2.23. The maximum absolute atomic E-state index is 10.8. The van der Waals surface area contributed by atoms with Crippen molar-refractivity contribution in [1.29, 1.82) is 0 Å². The zero-order valence-corrected chi connectivity index (χ0v) is 17.1. The number of anilines is 3. The van der Waals surface area contributed by atoms with Gasteiger partial charge in [-0.2, -0.15) is 9.97 Å². The SMILES string of the molecule is Cc1cc(OCCC(N)=O)ccc1Nc1nc(NC2CCCCC2)c2[nH]cnc2n1. The van der Waals surface area contributed by atoms with E-state index in [9.17, 15) is 4.79 Å². The number of rotatable bonds is 8. The molecular weight excluding hydrogens is 382 g/mol. The van der Waals surface area contributed by atoms with Gasteiger partial charge in [0.05, 0.1) is 19.4 Å². The number of nitrogens with zero attached hydrogens (tertiary/aromatic N) is 3. The summed E-state index contributed by atoms with van der Waals surface area (Å²) in [5.74, 6) is 1.56. The fourth-order valence-corrected chi connectivity index (χ4v) is 3.69. The highest BCUT2D eigenvalue weighted by atomic mass is 16.5. The van der Waals surface area contributed by atoms with Crippen LogP contribution in [-0.4, -0.2) is 38.5 Å². The summed E-state index contributed by atoms with van der Waals surface area (Å²) in [7, 11) is 0. The second kappa shape index (κ2) is 8.98. The summed E-state index contributed by atoms with van der Waals surface area (Å²) in [4.78, 5) is 27.5. The number of aromatic amines is 1. The van der Waals surface area contributed by atoms with E-state index in [1.54, 1.807) is 6.33 Å². The van der Waals surface area contributed by atoms with Crippen LogP contribution in [0.25, 0.3) is 11.2 Å². The molecule has 1 aromatic carbocycles. The van der Waals surface area contributed by atoms with Crippen molar-refractivity contribution in [3.63, 3.8) is 0 Å². The van der Waals surface area contributed by atoms with Gasteiger partial charge in [0.1, 0.15) is 11.3 Å². The van der Waals surface area contributed by atoms with Crippen molar-refractivity contribution < 1.29 is 9.53 Å². The Kier molecular flexibility index (Phi) is 5.97. The molecule has 0 atom stereocenters. The summed E-state index contributed by atoms with van der Waals surface area (Å²) in [5.41, 5.74) is 8.43. The van der Waals surface area contributed by atoms with Gasteiger partial charge in [-0.05, 0) is 43.5 Å². The number of benzene rings is 1. The Morgan fingerprint density at radius 1 is 1.27 bits per heavy atom. The number of primary amides is 1. The summed E-state index contributed by atoms with van der Waals surface area (Å²) in [5, 5.41) is 6.86. The van der Waals surface area contributed by atoms with E-state index in [1.807, 2.05) is 25.1 Å². The van der Waals surface area contributed by atoms with Crippen molar-refractivity contribution in [3.05, 3.63) is 30.1 Å². The van der Waals surface area contributed by atoms with E-state index in [1.165, 1.54) is 19.3 Å². The Morgan fingerprint density at radius 2 is 2.10 bits per heavy atom. The van der Waals surface area contributed by atoms with E-state index in [-0.39, 0.29) is 18.9 Å². The maximum Gasteiger partial charge on any atom is 0.231 e. The molecule has 4 rings (SSSR count). The standard InChI is InChI=1S/C21H27N7O2/c1-13-11-15(30-10-9-17(22)29)7-8-16(13)26-21-27-19-18(23-12-24-19)20(28-21)25-14-5-3-2-4-6-14/h7-8,11-12,14H,2-6,9-10H2,1H3,(H2,22,29)(H3,23,24,25,26,27,28). The molecule has 2 aromatic heterocycles. The Bertz CT molecular complexity index is 1030. The first-order valence-electron chi connectivity index (χ1n) is 10.3. The van der Waals surface area contributed by atoms with E-state index in [0.717, 1.165) is 35.4 Å². The normalized spacial score (nSPS) is 14.6. The fraction of sp³-hybridized carbons (Fsp3) is 0.429. The minimum absolute atomic E-state index is 0.188. The highest BCUT2D eigenvalue weighted by molar-refractivity contribution is 5.84.